The van der Waals surface area contributed by atoms with Crippen LogP contribution < -0.4 is 15.4 Å². The van der Waals surface area contributed by atoms with Gasteiger partial charge in [0.2, 0.25) is 29.9 Å². The van der Waals surface area contributed by atoms with Crippen molar-refractivity contribution in [3.05, 3.63) is 23.8 Å². The van der Waals surface area contributed by atoms with E-state index in [1.165, 1.54) is 18.2 Å². The molecule has 16 nitrogen and oxygen atoms in total. The monoisotopic (exact) mass is 651 g/mol. The molecule has 1 aromatic rings. The first-order valence-electron chi connectivity index (χ1n) is 14.9. The highest BCUT2D eigenvalue weighted by atomic mass is 16.7. The second kappa shape index (κ2) is 15.9. The Morgan fingerprint density at radius 1 is 1.00 bits per heavy atom. The first-order valence-corrected chi connectivity index (χ1v) is 14.9. The number of imide groups is 1. The molecule has 0 aliphatic carbocycles. The summed E-state index contributed by atoms with van der Waals surface area (Å²) in [6.07, 6.45) is -9.65. The number of likely N-dealkylation sites (tertiary alicyclic amines) is 1. The van der Waals surface area contributed by atoms with Crippen LogP contribution in [0.15, 0.2) is 18.2 Å². The molecule has 3 rings (SSSR count). The second-order valence-electron chi connectivity index (χ2n) is 11.8. The Balaban J connectivity index is 1.63. The summed E-state index contributed by atoms with van der Waals surface area (Å²) >= 11 is 0. The molecule has 254 valence electrons. The third-order valence-corrected chi connectivity index (χ3v) is 7.55. The van der Waals surface area contributed by atoms with Gasteiger partial charge in [0.15, 0.2) is 6.10 Å². The number of aliphatic carboxylic acids is 1. The molecule has 0 saturated carbocycles. The van der Waals surface area contributed by atoms with Crippen LogP contribution in [0, 0.1) is 17.8 Å². The summed E-state index contributed by atoms with van der Waals surface area (Å²) in [6, 6.07) is 4.22. The largest absolute Gasteiger partial charge is 0.479 e. The maximum absolute atomic E-state index is 12.8. The van der Waals surface area contributed by atoms with Gasteiger partial charge in [-0.3, -0.25) is 28.9 Å². The number of nitrogens with one attached hydrogen (secondary N) is 2. The molecule has 16 heteroatoms. The van der Waals surface area contributed by atoms with Crippen LogP contribution in [0.25, 0.3) is 0 Å². The number of carboxylic acids is 1. The van der Waals surface area contributed by atoms with Crippen LogP contribution in [0.3, 0.4) is 0 Å². The maximum atomic E-state index is 12.8. The van der Waals surface area contributed by atoms with E-state index in [2.05, 4.69) is 10.6 Å². The van der Waals surface area contributed by atoms with Gasteiger partial charge in [-0.1, -0.05) is 33.8 Å². The zero-order chi connectivity index (χ0) is 34.3. The number of esters is 1. The van der Waals surface area contributed by atoms with E-state index in [1.807, 2.05) is 13.8 Å². The topological polar surface area (TPSA) is 238 Å². The minimum absolute atomic E-state index is 0.00290. The smallest absolute Gasteiger partial charge is 0.335 e. The highest BCUT2D eigenvalue weighted by Crippen LogP contribution is 2.31. The average Bonchev–Trinajstić information content (AvgIpc) is 3.28. The van der Waals surface area contributed by atoms with Crippen LogP contribution in [0.4, 0.5) is 5.69 Å². The molecule has 6 unspecified atom stereocenters. The lowest BCUT2D eigenvalue weighted by molar-refractivity contribution is -0.271. The van der Waals surface area contributed by atoms with Gasteiger partial charge in [-0.05, 0) is 23.6 Å². The van der Waals surface area contributed by atoms with E-state index in [-0.39, 0.29) is 74.0 Å². The summed E-state index contributed by atoms with van der Waals surface area (Å²) in [4.78, 5) is 74.3. The van der Waals surface area contributed by atoms with Crippen LogP contribution in [-0.4, -0.2) is 105 Å². The Morgan fingerprint density at radius 2 is 1.70 bits per heavy atom. The number of carbonyl (C=O) groups excluding carboxylic acids is 5. The van der Waals surface area contributed by atoms with Gasteiger partial charge in [0.05, 0.1) is 11.6 Å². The van der Waals surface area contributed by atoms with Gasteiger partial charge in [0, 0.05) is 38.3 Å². The molecular weight excluding hydrogens is 610 g/mol. The van der Waals surface area contributed by atoms with Crippen molar-refractivity contribution >= 4 is 41.3 Å². The fourth-order valence-corrected chi connectivity index (χ4v) is 4.76. The molecular formula is C30H41N3O13. The lowest BCUT2D eigenvalue weighted by Crippen LogP contribution is -2.61. The number of benzene rings is 1. The van der Waals surface area contributed by atoms with E-state index in [0.717, 1.165) is 4.90 Å². The number of ether oxygens (including phenoxy) is 3. The zero-order valence-electron chi connectivity index (χ0n) is 26.0. The Morgan fingerprint density at radius 3 is 2.30 bits per heavy atom. The van der Waals surface area contributed by atoms with Crippen LogP contribution >= 0.6 is 0 Å². The lowest BCUT2D eigenvalue weighted by atomic mass is 9.94. The van der Waals surface area contributed by atoms with E-state index in [1.54, 1.807) is 13.8 Å². The molecule has 0 spiro atoms. The van der Waals surface area contributed by atoms with E-state index in [9.17, 15) is 49.2 Å². The number of hydrogen-bond acceptors (Lipinski definition) is 12. The van der Waals surface area contributed by atoms with Gasteiger partial charge in [-0.25, -0.2) is 4.79 Å². The first-order chi connectivity index (χ1) is 21.6. The van der Waals surface area contributed by atoms with Gasteiger partial charge in [-0.15, -0.1) is 0 Å². The fourth-order valence-electron chi connectivity index (χ4n) is 4.76. The van der Waals surface area contributed by atoms with Gasteiger partial charge < -0.3 is 45.3 Å². The average molecular weight is 652 g/mol. The van der Waals surface area contributed by atoms with Crippen molar-refractivity contribution in [1.82, 2.24) is 10.2 Å². The molecule has 6 N–H and O–H groups in total. The molecule has 1 aromatic carbocycles. The van der Waals surface area contributed by atoms with Crippen LogP contribution in [-0.2, 0) is 44.8 Å². The molecule has 0 radical (unpaired) electrons. The molecule has 2 aliphatic rings. The highest BCUT2D eigenvalue weighted by Gasteiger charge is 2.48. The molecule has 2 heterocycles. The standard InChI is InChI=1S/C30H41N3O13/c1-14(2)17-12-22(36)33(27(17)40)10-8-20(34)31-9-7-21(35)32-18-11-16(13-44-29(43)15(3)4)5-6-19(18)45-30-25(39)23(37)24(38)26(46-30)28(41)42/h5-6,11,14-15,17,23-26,30,37-39H,7-10,12-13H2,1-4H3,(H,31,34)(H,32,35)(H,41,42). The summed E-state index contributed by atoms with van der Waals surface area (Å²) in [5.41, 5.74) is 0.433. The van der Waals surface area contributed by atoms with E-state index in [4.69, 9.17) is 14.2 Å². The molecule has 4 amide bonds. The number of carbonyl (C=O) groups is 6. The molecule has 0 aromatic heterocycles. The summed E-state index contributed by atoms with van der Waals surface area (Å²) in [6.45, 7) is 6.67. The van der Waals surface area contributed by atoms with Gasteiger partial charge >= 0.3 is 11.9 Å². The Labute approximate surface area is 265 Å². The third kappa shape index (κ3) is 9.22. The van der Waals surface area contributed by atoms with Gasteiger partial charge in [0.25, 0.3) is 0 Å². The Bertz CT molecular complexity index is 1320. The van der Waals surface area contributed by atoms with Gasteiger partial charge in [-0.2, -0.15) is 0 Å². The number of rotatable bonds is 14. The van der Waals surface area contributed by atoms with Crippen LogP contribution in [0.5, 0.6) is 5.75 Å². The molecule has 2 fully saturated rings. The van der Waals surface area contributed by atoms with Crippen molar-refractivity contribution in [3.8, 4) is 5.75 Å². The number of carboxylic acid groups (broad SMARTS) is 1. The van der Waals surface area contributed by atoms with E-state index >= 15 is 0 Å². The fraction of sp³-hybridized carbons (Fsp3) is 0.600. The summed E-state index contributed by atoms with van der Waals surface area (Å²) in [5.74, 6) is -4.70. The molecule has 46 heavy (non-hydrogen) atoms. The van der Waals surface area contributed by atoms with Crippen LogP contribution in [0.2, 0.25) is 0 Å². The SMILES string of the molecule is CC(C)C(=O)OCc1ccc(OC2OC(C(=O)O)C(O)C(O)C2O)c(NC(=O)CCNC(=O)CCN2C(=O)CC(C(C)C)C2=O)c1. The number of hydrogen-bond donors (Lipinski definition) is 6. The summed E-state index contributed by atoms with van der Waals surface area (Å²) in [5, 5.41) is 44.9. The van der Waals surface area contributed by atoms with Crippen molar-refractivity contribution in [2.24, 2.45) is 17.8 Å². The zero-order valence-corrected chi connectivity index (χ0v) is 26.0. The number of aliphatic hydroxyl groups is 3. The predicted octanol–water partition coefficient (Wildman–Crippen LogP) is -0.477. The molecule has 2 aliphatic heterocycles. The molecule has 2 saturated heterocycles. The number of aliphatic hydroxyl groups excluding tert-OH is 3. The second-order valence-corrected chi connectivity index (χ2v) is 11.8. The van der Waals surface area contributed by atoms with Crippen molar-refractivity contribution in [2.45, 2.75) is 84.3 Å². The summed E-state index contributed by atoms with van der Waals surface area (Å²) in [7, 11) is 0. The van der Waals surface area contributed by atoms with Crippen molar-refractivity contribution in [1.29, 1.82) is 0 Å². The van der Waals surface area contributed by atoms with Crippen molar-refractivity contribution < 1.29 is 63.4 Å². The molecule has 0 bridgehead atoms. The molecule has 6 atom stereocenters. The number of nitrogens with zero attached hydrogens (tertiary/aromatic N) is 1. The summed E-state index contributed by atoms with van der Waals surface area (Å²) < 4.78 is 16.0. The quantitative estimate of drug-likeness (QED) is 0.110. The van der Waals surface area contributed by atoms with E-state index in [0.29, 0.717) is 5.56 Å². The number of amides is 4. The normalized spacial score (nSPS) is 24.7. The number of anilines is 1. The maximum Gasteiger partial charge on any atom is 0.335 e. The van der Waals surface area contributed by atoms with E-state index < -0.39 is 60.4 Å². The van der Waals surface area contributed by atoms with Crippen molar-refractivity contribution in [2.75, 3.05) is 18.4 Å². The Hall–Kier alpha value is -4.12. The third-order valence-electron chi connectivity index (χ3n) is 7.55. The minimum Gasteiger partial charge on any atom is -0.479 e. The lowest BCUT2D eigenvalue weighted by Gasteiger charge is -2.38. The van der Waals surface area contributed by atoms with Crippen molar-refractivity contribution in [3.63, 3.8) is 0 Å². The van der Waals surface area contributed by atoms with Crippen LogP contribution in [0.1, 0.15) is 52.5 Å². The predicted molar refractivity (Wildman–Crippen MR) is 157 cm³/mol. The Kier molecular flexibility index (Phi) is 12.6. The van der Waals surface area contributed by atoms with Gasteiger partial charge in [0.1, 0.15) is 30.7 Å². The first kappa shape index (κ1) is 36.3. The minimum atomic E-state index is -1.94. The highest BCUT2D eigenvalue weighted by molar-refractivity contribution is 6.04.